The Balaban J connectivity index is 1.95. The summed E-state index contributed by atoms with van der Waals surface area (Å²) < 4.78 is 5.22. The van der Waals surface area contributed by atoms with E-state index in [0.29, 0.717) is 5.69 Å². The van der Waals surface area contributed by atoms with Gasteiger partial charge in [0.2, 0.25) is 0 Å². The molecule has 0 aliphatic carbocycles. The second-order valence-electron chi connectivity index (χ2n) is 6.77. The molecule has 2 N–H and O–H groups in total. The van der Waals surface area contributed by atoms with E-state index in [4.69, 9.17) is 4.74 Å². The number of amides is 1. The molecule has 6 nitrogen and oxygen atoms in total. The van der Waals surface area contributed by atoms with Gasteiger partial charge in [-0.05, 0) is 35.2 Å². The van der Waals surface area contributed by atoms with E-state index in [0.717, 1.165) is 16.9 Å². The van der Waals surface area contributed by atoms with Gasteiger partial charge in [-0.15, -0.1) is 0 Å². The lowest BCUT2D eigenvalue weighted by atomic mass is 9.98. The minimum absolute atomic E-state index is 0.0776. The molecule has 0 fully saturated rings. The SMILES string of the molecule is COc1ccc(C(NC(=O)c2cc(C(C)C)[nH]c(=O)n2)c2ccccc2)cc1. The van der Waals surface area contributed by atoms with Crippen molar-refractivity contribution in [3.05, 3.63) is 93.7 Å². The molecule has 0 aliphatic heterocycles. The van der Waals surface area contributed by atoms with E-state index >= 15 is 0 Å². The third kappa shape index (κ3) is 4.46. The number of nitrogens with zero attached hydrogens (tertiary/aromatic N) is 1. The third-order valence-corrected chi connectivity index (χ3v) is 4.48. The molecular weight excluding hydrogens is 354 g/mol. The molecule has 1 aromatic heterocycles. The predicted molar refractivity (Wildman–Crippen MR) is 108 cm³/mol. The average Bonchev–Trinajstić information content (AvgIpc) is 2.72. The number of hydrogen-bond acceptors (Lipinski definition) is 4. The number of benzene rings is 2. The minimum atomic E-state index is -0.531. The molecule has 6 heteroatoms. The van der Waals surface area contributed by atoms with Crippen molar-refractivity contribution >= 4 is 5.91 Å². The van der Waals surface area contributed by atoms with Crippen LogP contribution in [0.25, 0.3) is 0 Å². The molecule has 0 bridgehead atoms. The van der Waals surface area contributed by atoms with E-state index in [1.54, 1.807) is 13.2 Å². The van der Waals surface area contributed by atoms with Gasteiger partial charge in [-0.3, -0.25) is 4.79 Å². The van der Waals surface area contributed by atoms with Gasteiger partial charge < -0.3 is 15.0 Å². The summed E-state index contributed by atoms with van der Waals surface area (Å²) in [5, 5.41) is 3.00. The molecular formula is C22H23N3O3. The molecule has 0 radical (unpaired) electrons. The van der Waals surface area contributed by atoms with E-state index in [2.05, 4.69) is 15.3 Å². The number of hydrogen-bond donors (Lipinski definition) is 2. The molecule has 0 spiro atoms. The van der Waals surface area contributed by atoms with E-state index in [1.165, 1.54) is 0 Å². The second-order valence-corrected chi connectivity index (χ2v) is 6.77. The zero-order valence-electron chi connectivity index (χ0n) is 16.1. The van der Waals surface area contributed by atoms with Crippen LogP contribution in [0.3, 0.4) is 0 Å². The Morgan fingerprint density at radius 2 is 1.68 bits per heavy atom. The summed E-state index contributed by atoms with van der Waals surface area (Å²) in [6.45, 7) is 3.88. The number of H-pyrrole nitrogens is 1. The summed E-state index contributed by atoms with van der Waals surface area (Å²) >= 11 is 0. The van der Waals surface area contributed by atoms with Crippen LogP contribution in [0.5, 0.6) is 5.75 Å². The van der Waals surface area contributed by atoms with Crippen LogP contribution in [0, 0.1) is 0 Å². The topological polar surface area (TPSA) is 84.1 Å². The molecule has 1 atom stereocenters. The van der Waals surface area contributed by atoms with Crippen molar-refractivity contribution in [3.8, 4) is 5.75 Å². The fraction of sp³-hybridized carbons (Fsp3) is 0.227. The van der Waals surface area contributed by atoms with Crippen molar-refractivity contribution < 1.29 is 9.53 Å². The first-order chi connectivity index (χ1) is 13.5. The first kappa shape index (κ1) is 19.4. The van der Waals surface area contributed by atoms with Crippen LogP contribution < -0.4 is 15.7 Å². The van der Waals surface area contributed by atoms with E-state index in [9.17, 15) is 9.59 Å². The van der Waals surface area contributed by atoms with Gasteiger partial charge in [0, 0.05) is 5.69 Å². The van der Waals surface area contributed by atoms with Gasteiger partial charge in [-0.2, -0.15) is 4.98 Å². The molecule has 0 saturated heterocycles. The molecule has 0 saturated carbocycles. The number of aromatic amines is 1. The first-order valence-electron chi connectivity index (χ1n) is 9.09. The minimum Gasteiger partial charge on any atom is -0.497 e. The lowest BCUT2D eigenvalue weighted by Crippen LogP contribution is -2.32. The van der Waals surface area contributed by atoms with Crippen molar-refractivity contribution in [2.75, 3.05) is 7.11 Å². The van der Waals surface area contributed by atoms with Crippen LogP contribution in [0.2, 0.25) is 0 Å². The van der Waals surface area contributed by atoms with Gasteiger partial charge in [0.25, 0.3) is 5.91 Å². The summed E-state index contributed by atoms with van der Waals surface area (Å²) in [4.78, 5) is 31.3. The highest BCUT2D eigenvalue weighted by Gasteiger charge is 2.20. The lowest BCUT2D eigenvalue weighted by Gasteiger charge is -2.20. The van der Waals surface area contributed by atoms with Crippen LogP contribution >= 0.6 is 0 Å². The number of rotatable bonds is 6. The zero-order chi connectivity index (χ0) is 20.1. The molecule has 1 heterocycles. The maximum absolute atomic E-state index is 12.9. The van der Waals surface area contributed by atoms with E-state index in [1.807, 2.05) is 68.4 Å². The highest BCUT2D eigenvalue weighted by molar-refractivity contribution is 5.92. The summed E-state index contributed by atoms with van der Waals surface area (Å²) in [6, 6.07) is 18.4. The summed E-state index contributed by atoms with van der Waals surface area (Å²) in [6.07, 6.45) is 0. The number of nitrogens with one attached hydrogen (secondary N) is 2. The van der Waals surface area contributed by atoms with Gasteiger partial charge >= 0.3 is 5.69 Å². The molecule has 144 valence electrons. The molecule has 3 rings (SSSR count). The normalized spacial score (nSPS) is 11.9. The van der Waals surface area contributed by atoms with Crippen molar-refractivity contribution in [1.29, 1.82) is 0 Å². The number of aromatic nitrogens is 2. The molecule has 1 unspecified atom stereocenters. The van der Waals surface area contributed by atoms with Crippen LogP contribution in [0.4, 0.5) is 0 Å². The van der Waals surface area contributed by atoms with Gasteiger partial charge in [0.05, 0.1) is 13.2 Å². The molecule has 1 amide bonds. The summed E-state index contributed by atoms with van der Waals surface area (Å²) in [5.74, 6) is 0.408. The highest BCUT2D eigenvalue weighted by Crippen LogP contribution is 2.24. The van der Waals surface area contributed by atoms with Crippen molar-refractivity contribution in [3.63, 3.8) is 0 Å². The Morgan fingerprint density at radius 1 is 1.04 bits per heavy atom. The smallest absolute Gasteiger partial charge is 0.345 e. The summed E-state index contributed by atoms with van der Waals surface area (Å²) in [7, 11) is 1.61. The molecule has 3 aromatic rings. The van der Waals surface area contributed by atoms with Crippen LogP contribution in [-0.4, -0.2) is 23.0 Å². The highest BCUT2D eigenvalue weighted by atomic mass is 16.5. The predicted octanol–water partition coefficient (Wildman–Crippen LogP) is 3.42. The Hall–Kier alpha value is -3.41. The van der Waals surface area contributed by atoms with Crippen molar-refractivity contribution in [2.24, 2.45) is 0 Å². The van der Waals surface area contributed by atoms with E-state index < -0.39 is 11.6 Å². The van der Waals surface area contributed by atoms with Crippen molar-refractivity contribution in [1.82, 2.24) is 15.3 Å². The summed E-state index contributed by atoms with van der Waals surface area (Å²) in [5.41, 5.74) is 2.06. The fourth-order valence-electron chi connectivity index (χ4n) is 2.91. The molecule has 0 aliphatic rings. The third-order valence-electron chi connectivity index (χ3n) is 4.48. The first-order valence-corrected chi connectivity index (χ1v) is 9.09. The van der Waals surface area contributed by atoms with Crippen LogP contribution in [-0.2, 0) is 0 Å². The monoisotopic (exact) mass is 377 g/mol. The number of ether oxygens (including phenoxy) is 1. The number of methoxy groups -OCH3 is 1. The quantitative estimate of drug-likeness (QED) is 0.689. The fourth-order valence-corrected chi connectivity index (χ4v) is 2.91. The van der Waals surface area contributed by atoms with E-state index in [-0.39, 0.29) is 17.7 Å². The largest absolute Gasteiger partial charge is 0.497 e. The zero-order valence-corrected chi connectivity index (χ0v) is 16.1. The van der Waals surface area contributed by atoms with Crippen molar-refractivity contribution in [2.45, 2.75) is 25.8 Å². The average molecular weight is 377 g/mol. The number of carbonyl (C=O) groups is 1. The Labute approximate surface area is 163 Å². The van der Waals surface area contributed by atoms with Gasteiger partial charge in [0.15, 0.2) is 0 Å². The van der Waals surface area contributed by atoms with Crippen LogP contribution in [0.15, 0.2) is 65.5 Å². The standard InChI is InChI=1S/C22H23N3O3/c1-14(2)18-13-19(24-22(27)23-18)21(26)25-20(15-7-5-4-6-8-15)16-9-11-17(28-3)12-10-16/h4-14,20H,1-3H3,(H,25,26)(H,23,24,27). The Bertz CT molecular complexity index is 996. The number of carbonyl (C=O) groups excluding carboxylic acids is 1. The van der Waals surface area contributed by atoms with Gasteiger partial charge in [-0.25, -0.2) is 4.79 Å². The van der Waals surface area contributed by atoms with Gasteiger partial charge in [-0.1, -0.05) is 56.3 Å². The van der Waals surface area contributed by atoms with Crippen LogP contribution in [0.1, 0.15) is 53.1 Å². The Kier molecular flexibility index (Phi) is 5.89. The molecule has 2 aromatic carbocycles. The maximum Gasteiger partial charge on any atom is 0.345 e. The lowest BCUT2D eigenvalue weighted by molar-refractivity contribution is 0.0937. The maximum atomic E-state index is 12.9. The Morgan fingerprint density at radius 3 is 2.29 bits per heavy atom. The van der Waals surface area contributed by atoms with Gasteiger partial charge in [0.1, 0.15) is 11.4 Å². The second kappa shape index (κ2) is 8.52. The molecule has 28 heavy (non-hydrogen) atoms.